The monoisotopic (exact) mass is 704 g/mol. The molecule has 9 aromatic rings. The molecule has 5 nitrogen and oxygen atoms in total. The van der Waals surface area contributed by atoms with Crippen molar-refractivity contribution in [3.63, 3.8) is 0 Å². The lowest BCUT2D eigenvalue weighted by Crippen LogP contribution is -2.30. The normalized spacial score (nSPS) is 15.0. The van der Waals surface area contributed by atoms with Crippen LogP contribution in [-0.4, -0.2) is 19.5 Å². The highest BCUT2D eigenvalue weighted by Gasteiger charge is 2.39. The molecule has 246 valence electrons. The molecule has 0 amide bonds. The molecule has 52 heavy (non-hydrogen) atoms. The van der Waals surface area contributed by atoms with Crippen molar-refractivity contribution >= 4 is 56.6 Å². The molecular weight excluding hydrogens is 676 g/mol. The van der Waals surface area contributed by atoms with Crippen LogP contribution in [0.25, 0.3) is 61.7 Å². The maximum atomic E-state index is 16.2. The number of nitrogens with zero attached hydrogens (tertiary/aromatic N) is 4. The molecule has 3 heterocycles. The molecular formula is C45H29N4OPS. The molecule has 0 bridgehead atoms. The van der Waals surface area contributed by atoms with Gasteiger partial charge in [-0.15, -0.1) is 0 Å². The Hall–Kier alpha value is -6.07. The van der Waals surface area contributed by atoms with Crippen LogP contribution in [0.1, 0.15) is 0 Å². The first kappa shape index (κ1) is 30.7. The minimum absolute atomic E-state index is 0.535. The summed E-state index contributed by atoms with van der Waals surface area (Å²) in [7, 11) is -3.38. The van der Waals surface area contributed by atoms with E-state index in [1.165, 1.54) is 0 Å². The summed E-state index contributed by atoms with van der Waals surface area (Å²) in [4.78, 5) is 16.8. The summed E-state index contributed by atoms with van der Waals surface area (Å²) in [6.45, 7) is 0. The van der Waals surface area contributed by atoms with Gasteiger partial charge in [-0.25, -0.2) is 15.0 Å². The van der Waals surface area contributed by atoms with Crippen LogP contribution in [0.5, 0.6) is 0 Å². The standard InChI is InChI=1S/C45H29N4OPS/c50-51(34-21-11-4-12-22-34)39-27-32(45-47-43(30-15-5-1-6-16-30)46-44(48-45)31-17-7-2-8-18-31)25-26-41(39)52-42-29-38-36(28-40(42)51)35-23-13-14-24-37(35)49(38)33-19-9-3-10-20-33/h1-29H. The van der Waals surface area contributed by atoms with Crippen molar-refractivity contribution in [3.05, 3.63) is 176 Å². The van der Waals surface area contributed by atoms with Crippen LogP contribution in [0.2, 0.25) is 0 Å². The molecule has 0 saturated heterocycles. The molecule has 0 fully saturated rings. The maximum Gasteiger partial charge on any atom is 0.173 e. The Morgan fingerprint density at radius 3 is 1.63 bits per heavy atom. The first-order chi connectivity index (χ1) is 25.6. The van der Waals surface area contributed by atoms with Crippen LogP contribution >= 0.6 is 18.9 Å². The molecule has 1 aliphatic rings. The van der Waals surface area contributed by atoms with Crippen molar-refractivity contribution in [2.24, 2.45) is 0 Å². The third-order valence-electron chi connectivity index (χ3n) is 9.70. The maximum absolute atomic E-state index is 16.2. The third-order valence-corrected chi connectivity index (χ3v) is 14.3. The molecule has 0 spiro atoms. The number of aromatic nitrogens is 4. The van der Waals surface area contributed by atoms with Gasteiger partial charge in [-0.05, 0) is 42.5 Å². The zero-order chi connectivity index (χ0) is 34.6. The minimum atomic E-state index is -3.38. The van der Waals surface area contributed by atoms with Gasteiger partial charge < -0.3 is 9.13 Å². The first-order valence-electron chi connectivity index (χ1n) is 17.1. The van der Waals surface area contributed by atoms with Crippen molar-refractivity contribution in [1.29, 1.82) is 0 Å². The SMILES string of the molecule is O=P1(c2ccccc2)c2cc(-c3nc(-c4ccccc4)nc(-c4ccccc4)n3)ccc2Sc2cc3c(cc21)c1ccccc1n3-c1ccccc1. The van der Waals surface area contributed by atoms with Gasteiger partial charge in [0.2, 0.25) is 0 Å². The van der Waals surface area contributed by atoms with Crippen molar-refractivity contribution < 1.29 is 4.57 Å². The van der Waals surface area contributed by atoms with Gasteiger partial charge in [-0.1, -0.05) is 145 Å². The molecule has 7 heteroatoms. The predicted octanol–water partition coefficient (Wildman–Crippen LogP) is 10.1. The van der Waals surface area contributed by atoms with Crippen molar-refractivity contribution in [2.75, 3.05) is 0 Å². The van der Waals surface area contributed by atoms with E-state index in [2.05, 4.69) is 77.4 Å². The van der Waals surface area contributed by atoms with Gasteiger partial charge in [-0.3, -0.25) is 0 Å². The summed E-state index contributed by atoms with van der Waals surface area (Å²) < 4.78 is 18.5. The largest absolute Gasteiger partial charge is 0.309 e. The summed E-state index contributed by atoms with van der Waals surface area (Å²) in [5.41, 5.74) is 5.89. The van der Waals surface area contributed by atoms with Crippen LogP contribution in [0.15, 0.2) is 186 Å². The van der Waals surface area contributed by atoms with Gasteiger partial charge in [0, 0.05) is 58.9 Å². The number of para-hydroxylation sites is 2. The lowest BCUT2D eigenvalue weighted by Gasteiger charge is -2.29. The van der Waals surface area contributed by atoms with Crippen molar-refractivity contribution in [3.8, 4) is 39.9 Å². The summed E-state index contributed by atoms with van der Waals surface area (Å²) in [6, 6.07) is 59.4. The van der Waals surface area contributed by atoms with E-state index in [1.807, 2.05) is 103 Å². The fourth-order valence-corrected chi connectivity index (χ4v) is 12.0. The highest BCUT2D eigenvalue weighted by Crippen LogP contribution is 2.54. The number of rotatable bonds is 5. The van der Waals surface area contributed by atoms with E-state index in [-0.39, 0.29) is 0 Å². The Balaban J connectivity index is 1.21. The van der Waals surface area contributed by atoms with E-state index in [1.54, 1.807) is 11.8 Å². The summed E-state index contributed by atoms with van der Waals surface area (Å²) >= 11 is 1.67. The molecule has 1 aliphatic heterocycles. The zero-order valence-electron chi connectivity index (χ0n) is 27.8. The number of hydrogen-bond acceptors (Lipinski definition) is 5. The van der Waals surface area contributed by atoms with E-state index < -0.39 is 7.14 Å². The Labute approximate surface area is 305 Å². The second-order valence-corrected chi connectivity index (χ2v) is 16.6. The Bertz CT molecular complexity index is 2780. The van der Waals surface area contributed by atoms with Crippen LogP contribution in [-0.2, 0) is 4.57 Å². The van der Waals surface area contributed by atoms with Crippen molar-refractivity contribution in [1.82, 2.24) is 19.5 Å². The molecule has 0 aliphatic carbocycles. The summed E-state index contributed by atoms with van der Waals surface area (Å²) in [6.07, 6.45) is 0. The van der Waals surface area contributed by atoms with Gasteiger partial charge in [0.1, 0.15) is 0 Å². The Morgan fingerprint density at radius 1 is 0.442 bits per heavy atom. The van der Waals surface area contributed by atoms with Gasteiger partial charge in [0.25, 0.3) is 0 Å². The molecule has 7 aromatic carbocycles. The molecule has 1 unspecified atom stereocenters. The zero-order valence-corrected chi connectivity index (χ0v) is 29.5. The molecule has 0 radical (unpaired) electrons. The van der Waals surface area contributed by atoms with E-state index in [0.29, 0.717) is 17.5 Å². The van der Waals surface area contributed by atoms with E-state index in [9.17, 15) is 0 Å². The fraction of sp³-hybridized carbons (Fsp3) is 0. The van der Waals surface area contributed by atoms with Gasteiger partial charge in [0.05, 0.1) is 11.0 Å². The van der Waals surface area contributed by atoms with E-state index >= 15 is 4.57 Å². The first-order valence-corrected chi connectivity index (χ1v) is 19.7. The topological polar surface area (TPSA) is 60.7 Å². The van der Waals surface area contributed by atoms with Gasteiger partial charge >= 0.3 is 0 Å². The average molecular weight is 705 g/mol. The number of benzene rings is 7. The highest BCUT2D eigenvalue weighted by molar-refractivity contribution is 8.02. The summed E-state index contributed by atoms with van der Waals surface area (Å²) in [5.74, 6) is 1.71. The van der Waals surface area contributed by atoms with E-state index in [4.69, 9.17) is 15.0 Å². The van der Waals surface area contributed by atoms with Gasteiger partial charge in [-0.2, -0.15) is 0 Å². The fourth-order valence-electron chi connectivity index (χ4n) is 7.26. The number of fused-ring (bicyclic) bond motifs is 5. The molecule has 1 atom stereocenters. The number of hydrogen-bond donors (Lipinski definition) is 0. The molecule has 2 aromatic heterocycles. The minimum Gasteiger partial charge on any atom is -0.309 e. The van der Waals surface area contributed by atoms with Crippen LogP contribution in [0, 0.1) is 0 Å². The summed E-state index contributed by atoms with van der Waals surface area (Å²) in [5, 5.41) is 4.64. The second-order valence-electron chi connectivity index (χ2n) is 12.8. The van der Waals surface area contributed by atoms with E-state index in [0.717, 1.165) is 69.9 Å². The highest BCUT2D eigenvalue weighted by atomic mass is 32.2. The Morgan fingerprint density at radius 2 is 0.981 bits per heavy atom. The smallest absolute Gasteiger partial charge is 0.173 e. The third kappa shape index (κ3) is 4.95. The van der Waals surface area contributed by atoms with Gasteiger partial charge in [0.15, 0.2) is 24.6 Å². The lowest BCUT2D eigenvalue weighted by molar-refractivity contribution is 0.592. The second kappa shape index (κ2) is 12.3. The quantitative estimate of drug-likeness (QED) is 0.167. The average Bonchev–Trinajstić information content (AvgIpc) is 3.54. The van der Waals surface area contributed by atoms with Crippen LogP contribution in [0.3, 0.4) is 0 Å². The Kier molecular flexibility index (Phi) is 7.27. The lowest BCUT2D eigenvalue weighted by atomic mass is 10.1. The molecule has 0 saturated carbocycles. The predicted molar refractivity (Wildman–Crippen MR) is 214 cm³/mol. The molecule has 10 rings (SSSR count). The van der Waals surface area contributed by atoms with Crippen molar-refractivity contribution in [2.45, 2.75) is 9.79 Å². The van der Waals surface area contributed by atoms with Crippen LogP contribution in [0.4, 0.5) is 0 Å². The molecule has 0 N–H and O–H groups in total. The van der Waals surface area contributed by atoms with Crippen LogP contribution < -0.4 is 15.9 Å².